The van der Waals surface area contributed by atoms with Gasteiger partial charge in [0, 0.05) is 39.3 Å². The molecule has 0 spiro atoms. The van der Waals surface area contributed by atoms with Crippen molar-refractivity contribution in [3.05, 3.63) is 11.9 Å². The maximum Gasteiger partial charge on any atom is 0.282 e. The quantitative estimate of drug-likeness (QED) is 0.822. The first-order valence-corrected chi connectivity index (χ1v) is 9.78. The predicted molar refractivity (Wildman–Crippen MR) is 87.4 cm³/mol. The molecule has 1 aromatic heterocycles. The van der Waals surface area contributed by atoms with E-state index in [0.717, 1.165) is 25.7 Å². The van der Waals surface area contributed by atoms with E-state index in [1.54, 1.807) is 11.9 Å². The molecule has 0 radical (unpaired) electrons. The molecule has 0 atom stereocenters. The maximum atomic E-state index is 12.8. The number of hydrogen-bond acceptors (Lipinski definition) is 5. The van der Waals surface area contributed by atoms with Crippen molar-refractivity contribution in [1.82, 2.24) is 28.9 Å². The Kier molecular flexibility index (Phi) is 5.16. The van der Waals surface area contributed by atoms with E-state index in [1.807, 2.05) is 0 Å². The van der Waals surface area contributed by atoms with Gasteiger partial charge < -0.3 is 4.90 Å². The summed E-state index contributed by atoms with van der Waals surface area (Å²) in [5, 5.41) is 9.83. The standard InChI is InChI=1S/C14H24N6O3S/c1-18(12-5-3-2-4-6-12)24(22,23)20-9-7-19(8-10-20)14(21)13-11-15-17-16-13/h11-12H,2-10H2,1H3,(H,15,16,17). The third-order valence-corrected chi connectivity index (χ3v) is 6.98. The molecule has 24 heavy (non-hydrogen) atoms. The average molecular weight is 356 g/mol. The van der Waals surface area contributed by atoms with Crippen molar-refractivity contribution in [3.8, 4) is 0 Å². The lowest BCUT2D eigenvalue weighted by Gasteiger charge is -2.38. The molecule has 3 rings (SSSR count). The second-order valence-electron chi connectivity index (χ2n) is 6.36. The highest BCUT2D eigenvalue weighted by Gasteiger charge is 2.35. The van der Waals surface area contributed by atoms with Gasteiger partial charge in [0.15, 0.2) is 5.69 Å². The normalized spacial score (nSPS) is 21.3. The summed E-state index contributed by atoms with van der Waals surface area (Å²) in [5.41, 5.74) is 0.255. The largest absolute Gasteiger partial charge is 0.335 e. The first-order chi connectivity index (χ1) is 11.5. The molecule has 2 aliphatic rings. The number of carbonyl (C=O) groups excluding carboxylic acids is 1. The first kappa shape index (κ1) is 17.3. The minimum Gasteiger partial charge on any atom is -0.335 e. The fourth-order valence-corrected chi connectivity index (χ4v) is 4.98. The molecule has 1 N–H and O–H groups in total. The van der Waals surface area contributed by atoms with Gasteiger partial charge in [-0.1, -0.05) is 19.3 Å². The van der Waals surface area contributed by atoms with Gasteiger partial charge in [0.1, 0.15) is 0 Å². The lowest BCUT2D eigenvalue weighted by atomic mass is 9.96. The van der Waals surface area contributed by atoms with Crippen LogP contribution >= 0.6 is 0 Å². The van der Waals surface area contributed by atoms with Crippen LogP contribution in [0.4, 0.5) is 0 Å². The number of rotatable bonds is 4. The van der Waals surface area contributed by atoms with E-state index >= 15 is 0 Å². The summed E-state index contributed by atoms with van der Waals surface area (Å²) in [5.74, 6) is -0.221. The van der Waals surface area contributed by atoms with Crippen LogP contribution in [-0.2, 0) is 10.2 Å². The zero-order valence-corrected chi connectivity index (χ0v) is 14.7. The van der Waals surface area contributed by atoms with E-state index in [2.05, 4.69) is 15.4 Å². The zero-order chi connectivity index (χ0) is 17.2. The van der Waals surface area contributed by atoms with Gasteiger partial charge in [-0.25, -0.2) is 0 Å². The Morgan fingerprint density at radius 2 is 1.88 bits per heavy atom. The topological polar surface area (TPSA) is 103 Å². The van der Waals surface area contributed by atoms with Crippen molar-refractivity contribution in [2.24, 2.45) is 0 Å². The van der Waals surface area contributed by atoms with Crippen molar-refractivity contribution < 1.29 is 13.2 Å². The van der Waals surface area contributed by atoms with E-state index in [9.17, 15) is 13.2 Å². The number of aromatic nitrogens is 3. The number of piperazine rings is 1. The molecular formula is C14H24N6O3S. The van der Waals surface area contributed by atoms with E-state index in [1.165, 1.54) is 21.2 Å². The molecule has 1 amide bonds. The highest BCUT2D eigenvalue weighted by molar-refractivity contribution is 7.86. The lowest BCUT2D eigenvalue weighted by Crippen LogP contribution is -2.55. The van der Waals surface area contributed by atoms with Crippen molar-refractivity contribution in [1.29, 1.82) is 0 Å². The monoisotopic (exact) mass is 356 g/mol. The van der Waals surface area contributed by atoms with Crippen LogP contribution < -0.4 is 0 Å². The van der Waals surface area contributed by atoms with Crippen LogP contribution in [0.1, 0.15) is 42.6 Å². The number of hydrogen-bond donors (Lipinski definition) is 1. The van der Waals surface area contributed by atoms with E-state index in [-0.39, 0.29) is 17.6 Å². The summed E-state index contributed by atoms with van der Waals surface area (Å²) >= 11 is 0. The Morgan fingerprint density at radius 1 is 1.21 bits per heavy atom. The number of nitrogens with one attached hydrogen (secondary N) is 1. The smallest absolute Gasteiger partial charge is 0.282 e. The van der Waals surface area contributed by atoms with Crippen molar-refractivity contribution in [3.63, 3.8) is 0 Å². The fraction of sp³-hybridized carbons (Fsp3) is 0.786. The van der Waals surface area contributed by atoms with Gasteiger partial charge in [0.25, 0.3) is 16.1 Å². The van der Waals surface area contributed by atoms with Gasteiger partial charge in [-0.2, -0.15) is 32.4 Å². The third-order valence-electron chi connectivity index (χ3n) is 4.94. The SMILES string of the molecule is CN(C1CCCCC1)S(=O)(=O)N1CCN(C(=O)c2cn[nH]n2)CC1. The highest BCUT2D eigenvalue weighted by atomic mass is 32.2. The van der Waals surface area contributed by atoms with E-state index in [0.29, 0.717) is 26.2 Å². The van der Waals surface area contributed by atoms with Crippen molar-refractivity contribution in [2.45, 2.75) is 38.1 Å². The summed E-state index contributed by atoms with van der Waals surface area (Å²) in [6, 6.07) is 0.0959. The second kappa shape index (κ2) is 7.16. The Hall–Kier alpha value is -1.52. The van der Waals surface area contributed by atoms with Gasteiger partial charge in [-0.3, -0.25) is 4.79 Å². The average Bonchev–Trinajstić information content (AvgIpc) is 3.16. The first-order valence-electron chi connectivity index (χ1n) is 8.38. The van der Waals surface area contributed by atoms with Gasteiger partial charge in [0.05, 0.1) is 6.20 Å². The molecule has 2 fully saturated rings. The van der Waals surface area contributed by atoms with Crippen LogP contribution in [0.25, 0.3) is 0 Å². The van der Waals surface area contributed by atoms with Crippen LogP contribution in [0.3, 0.4) is 0 Å². The maximum absolute atomic E-state index is 12.8. The number of H-pyrrole nitrogens is 1. The molecular weight excluding hydrogens is 332 g/mol. The fourth-order valence-electron chi connectivity index (χ4n) is 3.40. The molecule has 1 aliphatic heterocycles. The number of aromatic amines is 1. The van der Waals surface area contributed by atoms with Crippen LogP contribution in [0.15, 0.2) is 6.20 Å². The third kappa shape index (κ3) is 3.45. The molecule has 0 unspecified atom stereocenters. The molecule has 1 aliphatic carbocycles. The van der Waals surface area contributed by atoms with Crippen LogP contribution in [0.5, 0.6) is 0 Å². The number of carbonyl (C=O) groups is 1. The Morgan fingerprint density at radius 3 is 2.46 bits per heavy atom. The molecule has 10 heteroatoms. The summed E-state index contributed by atoms with van der Waals surface area (Å²) < 4.78 is 28.6. The summed E-state index contributed by atoms with van der Waals surface area (Å²) in [6.45, 7) is 1.35. The summed E-state index contributed by atoms with van der Waals surface area (Å²) in [6.07, 6.45) is 6.60. The molecule has 1 aromatic rings. The molecule has 134 valence electrons. The van der Waals surface area contributed by atoms with Gasteiger partial charge in [-0.15, -0.1) is 0 Å². The minimum atomic E-state index is -3.47. The molecule has 1 saturated heterocycles. The van der Waals surface area contributed by atoms with Crippen molar-refractivity contribution in [2.75, 3.05) is 33.2 Å². The molecule has 0 bridgehead atoms. The predicted octanol–water partition coefficient (Wildman–Crippen LogP) is 0.0718. The molecule has 2 heterocycles. The lowest BCUT2D eigenvalue weighted by molar-refractivity contribution is 0.0687. The Labute approximate surface area is 142 Å². The van der Waals surface area contributed by atoms with Gasteiger partial charge in [0.2, 0.25) is 0 Å². The Balaban J connectivity index is 1.59. The second-order valence-corrected chi connectivity index (χ2v) is 8.35. The van der Waals surface area contributed by atoms with E-state index < -0.39 is 10.2 Å². The zero-order valence-electron chi connectivity index (χ0n) is 13.9. The molecule has 0 aromatic carbocycles. The van der Waals surface area contributed by atoms with Crippen LogP contribution in [0, 0.1) is 0 Å². The van der Waals surface area contributed by atoms with Gasteiger partial charge in [-0.05, 0) is 12.8 Å². The highest BCUT2D eigenvalue weighted by Crippen LogP contribution is 2.25. The molecule has 9 nitrogen and oxygen atoms in total. The minimum absolute atomic E-state index is 0.0959. The summed E-state index contributed by atoms with van der Waals surface area (Å²) in [4.78, 5) is 13.8. The van der Waals surface area contributed by atoms with Gasteiger partial charge >= 0.3 is 0 Å². The Bertz CT molecular complexity index is 648. The van der Waals surface area contributed by atoms with Crippen LogP contribution in [0.2, 0.25) is 0 Å². The van der Waals surface area contributed by atoms with E-state index in [4.69, 9.17) is 0 Å². The number of nitrogens with zero attached hydrogens (tertiary/aromatic N) is 5. The van der Waals surface area contributed by atoms with Crippen LogP contribution in [-0.4, -0.2) is 82.5 Å². The number of amides is 1. The summed E-state index contributed by atoms with van der Waals surface area (Å²) in [7, 11) is -1.79. The molecule has 1 saturated carbocycles. The van der Waals surface area contributed by atoms with Crippen molar-refractivity contribution >= 4 is 16.1 Å².